The predicted molar refractivity (Wildman–Crippen MR) is 102 cm³/mol. The van der Waals surface area contributed by atoms with Crippen LogP contribution in [0.5, 0.6) is 0 Å². The maximum Gasteiger partial charge on any atom is 0.261 e. The van der Waals surface area contributed by atoms with Crippen molar-refractivity contribution in [1.82, 2.24) is 15.3 Å². The summed E-state index contributed by atoms with van der Waals surface area (Å²) in [6, 6.07) is 10.1. The van der Waals surface area contributed by atoms with Gasteiger partial charge in [0.25, 0.3) is 5.91 Å². The number of para-hydroxylation sites is 2. The number of carbonyl (C=O) groups excluding carboxylic acids is 1. The molecule has 0 fully saturated rings. The first kappa shape index (κ1) is 16.3. The minimum Gasteiger partial charge on any atom is -0.351 e. The van der Waals surface area contributed by atoms with Crippen LogP contribution < -0.4 is 5.32 Å². The Morgan fingerprint density at radius 2 is 2.00 bits per heavy atom. The van der Waals surface area contributed by atoms with Crippen molar-refractivity contribution in [1.29, 1.82) is 0 Å². The molecule has 0 spiro atoms. The highest BCUT2D eigenvalue weighted by molar-refractivity contribution is 7.14. The zero-order valence-corrected chi connectivity index (χ0v) is 15.1. The first-order chi connectivity index (χ1) is 12.3. The summed E-state index contributed by atoms with van der Waals surface area (Å²) >= 11 is 1.68. The van der Waals surface area contributed by atoms with Crippen molar-refractivity contribution in [2.24, 2.45) is 0 Å². The van der Waals surface area contributed by atoms with E-state index in [1.54, 1.807) is 11.3 Å². The molecule has 130 valence electrons. The summed E-state index contributed by atoms with van der Waals surface area (Å²) in [6.07, 6.45) is 8.10. The number of aromatic amines is 1. The number of nitrogens with zero attached hydrogens (tertiary/aromatic N) is 1. The summed E-state index contributed by atoms with van der Waals surface area (Å²) in [5.41, 5.74) is 3.41. The van der Waals surface area contributed by atoms with Crippen molar-refractivity contribution in [2.45, 2.75) is 44.9 Å². The fourth-order valence-electron chi connectivity index (χ4n) is 3.46. The van der Waals surface area contributed by atoms with Crippen LogP contribution in [0.3, 0.4) is 0 Å². The lowest BCUT2D eigenvalue weighted by Gasteiger charge is -2.07. The molecule has 4 nitrogen and oxygen atoms in total. The van der Waals surface area contributed by atoms with Crippen LogP contribution in [-0.4, -0.2) is 22.4 Å². The predicted octanol–water partition coefficient (Wildman–Crippen LogP) is 4.26. The van der Waals surface area contributed by atoms with Crippen LogP contribution in [0.2, 0.25) is 0 Å². The van der Waals surface area contributed by atoms with E-state index in [-0.39, 0.29) is 5.91 Å². The van der Waals surface area contributed by atoms with Gasteiger partial charge in [0.05, 0.1) is 15.9 Å². The number of H-pyrrole nitrogens is 1. The molecule has 1 aliphatic rings. The Balaban J connectivity index is 1.36. The van der Waals surface area contributed by atoms with Crippen molar-refractivity contribution < 1.29 is 4.79 Å². The minimum atomic E-state index is 0.0489. The molecule has 1 aromatic carbocycles. The molecule has 0 atom stereocenters. The number of aromatic nitrogens is 2. The van der Waals surface area contributed by atoms with E-state index >= 15 is 0 Å². The van der Waals surface area contributed by atoms with E-state index in [2.05, 4.69) is 21.4 Å². The van der Waals surface area contributed by atoms with Gasteiger partial charge in [-0.25, -0.2) is 4.98 Å². The molecule has 0 saturated heterocycles. The number of thiophene rings is 1. The van der Waals surface area contributed by atoms with E-state index < -0.39 is 0 Å². The molecular weight excluding hydrogens is 330 g/mol. The van der Waals surface area contributed by atoms with Crippen molar-refractivity contribution in [3.63, 3.8) is 0 Å². The summed E-state index contributed by atoms with van der Waals surface area (Å²) in [5.74, 6) is 0.966. The fraction of sp³-hybridized carbons (Fsp3) is 0.400. The lowest BCUT2D eigenvalue weighted by molar-refractivity contribution is 0.0958. The number of rotatable bonds is 4. The van der Waals surface area contributed by atoms with Crippen LogP contribution in [0.4, 0.5) is 0 Å². The number of carbonyl (C=O) groups is 1. The third-order valence-corrected chi connectivity index (χ3v) is 6.04. The molecule has 1 amide bonds. The fourth-order valence-corrected chi connectivity index (χ4v) is 4.63. The number of amides is 1. The average Bonchev–Trinajstić information content (AvgIpc) is 3.18. The van der Waals surface area contributed by atoms with E-state index in [4.69, 9.17) is 0 Å². The summed E-state index contributed by atoms with van der Waals surface area (Å²) in [5, 5.41) is 3.04. The number of hydrogen-bond acceptors (Lipinski definition) is 3. The molecule has 25 heavy (non-hydrogen) atoms. The van der Waals surface area contributed by atoms with Gasteiger partial charge in [0, 0.05) is 17.8 Å². The number of aryl methyl sites for hydroxylation is 2. The summed E-state index contributed by atoms with van der Waals surface area (Å²) < 4.78 is 0. The number of hydrogen-bond donors (Lipinski definition) is 2. The van der Waals surface area contributed by atoms with Crippen LogP contribution in [0.25, 0.3) is 11.0 Å². The van der Waals surface area contributed by atoms with Gasteiger partial charge >= 0.3 is 0 Å². The van der Waals surface area contributed by atoms with Gasteiger partial charge < -0.3 is 10.3 Å². The SMILES string of the molecule is O=C(NCCc1nc2ccccc2[nH]1)c1cc2c(s1)CCCCCC2. The lowest BCUT2D eigenvalue weighted by Crippen LogP contribution is -2.25. The molecule has 4 rings (SSSR count). The highest BCUT2D eigenvalue weighted by Gasteiger charge is 2.15. The van der Waals surface area contributed by atoms with Gasteiger partial charge in [0.1, 0.15) is 5.82 Å². The summed E-state index contributed by atoms with van der Waals surface area (Å²) in [7, 11) is 0. The Kier molecular flexibility index (Phi) is 4.83. The lowest BCUT2D eigenvalue weighted by atomic mass is 10.00. The maximum atomic E-state index is 12.5. The summed E-state index contributed by atoms with van der Waals surface area (Å²) in [4.78, 5) is 22.6. The van der Waals surface area contributed by atoms with Crippen molar-refractivity contribution in [3.8, 4) is 0 Å². The Morgan fingerprint density at radius 3 is 2.88 bits per heavy atom. The van der Waals surface area contributed by atoms with Crippen molar-refractivity contribution in [3.05, 3.63) is 51.5 Å². The van der Waals surface area contributed by atoms with E-state index in [1.165, 1.54) is 36.1 Å². The Bertz CT molecular complexity index is 822. The second-order valence-electron chi connectivity index (χ2n) is 6.68. The van der Waals surface area contributed by atoms with Gasteiger partial charge in [-0.2, -0.15) is 0 Å². The molecule has 0 saturated carbocycles. The molecule has 0 radical (unpaired) electrons. The van der Waals surface area contributed by atoms with Gasteiger partial charge in [-0.15, -0.1) is 11.3 Å². The molecule has 0 bridgehead atoms. The molecule has 5 heteroatoms. The third kappa shape index (κ3) is 3.76. The first-order valence-electron chi connectivity index (χ1n) is 9.13. The molecule has 2 N–H and O–H groups in total. The minimum absolute atomic E-state index is 0.0489. The van der Waals surface area contributed by atoms with Gasteiger partial charge in [0.15, 0.2) is 0 Å². The normalized spacial score (nSPS) is 14.7. The average molecular weight is 353 g/mol. The monoisotopic (exact) mass is 353 g/mol. The highest BCUT2D eigenvalue weighted by Crippen LogP contribution is 2.28. The maximum absolute atomic E-state index is 12.5. The zero-order valence-electron chi connectivity index (χ0n) is 14.3. The standard InChI is InChI=1S/C20H23N3OS/c24-20(18-13-14-7-3-1-2-4-10-17(14)25-18)21-12-11-19-22-15-8-5-6-9-16(15)23-19/h5-6,8-9,13H,1-4,7,10-12H2,(H,21,24)(H,22,23). The van der Waals surface area contributed by atoms with Gasteiger partial charge in [-0.3, -0.25) is 4.79 Å². The Labute approximate surface area is 151 Å². The van der Waals surface area contributed by atoms with E-state index in [9.17, 15) is 4.79 Å². The Hall–Kier alpha value is -2.14. The van der Waals surface area contributed by atoms with Crippen LogP contribution in [0.15, 0.2) is 30.3 Å². The molecule has 3 aromatic rings. The molecule has 0 unspecified atom stereocenters. The number of imidazole rings is 1. The molecule has 2 heterocycles. The van der Waals surface area contributed by atoms with Gasteiger partial charge in [0.2, 0.25) is 0 Å². The molecule has 2 aromatic heterocycles. The smallest absolute Gasteiger partial charge is 0.261 e. The zero-order chi connectivity index (χ0) is 17.1. The number of nitrogens with one attached hydrogen (secondary N) is 2. The van der Waals surface area contributed by atoms with Crippen LogP contribution in [0, 0.1) is 0 Å². The van der Waals surface area contributed by atoms with Crippen molar-refractivity contribution in [2.75, 3.05) is 6.54 Å². The topological polar surface area (TPSA) is 57.8 Å². The van der Waals surface area contributed by atoms with E-state index in [0.29, 0.717) is 13.0 Å². The van der Waals surface area contributed by atoms with Crippen LogP contribution in [-0.2, 0) is 19.3 Å². The van der Waals surface area contributed by atoms with Gasteiger partial charge in [-0.05, 0) is 49.4 Å². The second-order valence-corrected chi connectivity index (χ2v) is 7.82. The molecule has 1 aliphatic carbocycles. The quantitative estimate of drug-likeness (QED) is 0.736. The Morgan fingerprint density at radius 1 is 1.16 bits per heavy atom. The highest BCUT2D eigenvalue weighted by atomic mass is 32.1. The van der Waals surface area contributed by atoms with Gasteiger partial charge in [-0.1, -0.05) is 25.0 Å². The van der Waals surface area contributed by atoms with Crippen LogP contribution in [0.1, 0.15) is 51.6 Å². The van der Waals surface area contributed by atoms with E-state index in [1.807, 2.05) is 24.3 Å². The van der Waals surface area contributed by atoms with E-state index in [0.717, 1.165) is 34.6 Å². The third-order valence-electron chi connectivity index (χ3n) is 4.81. The molecule has 0 aliphatic heterocycles. The largest absolute Gasteiger partial charge is 0.351 e. The second kappa shape index (κ2) is 7.40. The molecular formula is C20H23N3OS. The van der Waals surface area contributed by atoms with Crippen LogP contribution >= 0.6 is 11.3 Å². The summed E-state index contributed by atoms with van der Waals surface area (Å²) in [6.45, 7) is 0.598. The number of fused-ring (bicyclic) bond motifs is 2. The first-order valence-corrected chi connectivity index (χ1v) is 9.94. The number of benzene rings is 1. The van der Waals surface area contributed by atoms with Crippen molar-refractivity contribution >= 4 is 28.3 Å².